The summed E-state index contributed by atoms with van der Waals surface area (Å²) in [6.07, 6.45) is 70.4. The molecule has 0 rings (SSSR count). The fourth-order valence-electron chi connectivity index (χ4n) is 7.86. The van der Waals surface area contributed by atoms with E-state index < -0.39 is 6.10 Å². The van der Waals surface area contributed by atoms with Crippen molar-refractivity contribution >= 4 is 17.9 Å². The highest BCUT2D eigenvalue weighted by Gasteiger charge is 2.19. The minimum atomic E-state index is -0.814. The normalized spacial score (nSPS) is 12.6. The minimum Gasteiger partial charge on any atom is -0.462 e. The first-order valence-corrected chi connectivity index (χ1v) is 28.5. The number of hydrogen-bond donors (Lipinski definition) is 0. The van der Waals surface area contributed by atoms with Crippen LogP contribution >= 0.6 is 0 Å². The zero-order valence-corrected chi connectivity index (χ0v) is 44.2. The number of ether oxygens (including phenoxy) is 3. The van der Waals surface area contributed by atoms with E-state index in [9.17, 15) is 14.4 Å². The molecule has 0 N–H and O–H groups in total. The molecule has 0 aliphatic carbocycles. The minimum absolute atomic E-state index is 0.108. The smallest absolute Gasteiger partial charge is 0.306 e. The van der Waals surface area contributed by atoms with Gasteiger partial charge in [0, 0.05) is 19.3 Å². The molecule has 0 radical (unpaired) electrons. The SMILES string of the molecule is CCCCCCCC/C=C\C/C=C\C/C=C\CCCC(=O)OC(COC(=O)CCCCC/C=C\CCCCCCCCC)COC(=O)CCCCCCC/C=C\C=C/CCCCCCCCC. The number of carbonyl (C=O) groups is 3. The Balaban J connectivity index is 4.49. The molecule has 0 aromatic carbocycles. The third-order valence-corrected chi connectivity index (χ3v) is 12.2. The molecular formula is C61H106O6. The second-order valence-corrected chi connectivity index (χ2v) is 18.9. The second-order valence-electron chi connectivity index (χ2n) is 18.9. The zero-order chi connectivity index (χ0) is 48.6. The number of esters is 3. The van der Waals surface area contributed by atoms with Crippen LogP contribution in [0.15, 0.2) is 72.9 Å². The van der Waals surface area contributed by atoms with Crippen LogP contribution in [0.25, 0.3) is 0 Å². The van der Waals surface area contributed by atoms with Gasteiger partial charge in [-0.25, -0.2) is 0 Å². The molecule has 0 saturated carbocycles. The van der Waals surface area contributed by atoms with Gasteiger partial charge in [-0.2, -0.15) is 0 Å². The van der Waals surface area contributed by atoms with Crippen LogP contribution in [0, 0.1) is 0 Å². The molecule has 0 amide bonds. The van der Waals surface area contributed by atoms with Gasteiger partial charge in [0.25, 0.3) is 0 Å². The van der Waals surface area contributed by atoms with Crippen molar-refractivity contribution in [1.82, 2.24) is 0 Å². The third kappa shape index (κ3) is 53.7. The van der Waals surface area contributed by atoms with Crippen molar-refractivity contribution in [3.63, 3.8) is 0 Å². The Morgan fingerprint density at radius 2 is 0.597 bits per heavy atom. The summed E-state index contributed by atoms with van der Waals surface area (Å²) in [6, 6.07) is 0. The molecular weight excluding hydrogens is 829 g/mol. The van der Waals surface area contributed by atoms with Crippen molar-refractivity contribution in [2.75, 3.05) is 13.2 Å². The molecule has 0 spiro atoms. The molecule has 1 unspecified atom stereocenters. The summed E-state index contributed by atoms with van der Waals surface area (Å²) < 4.78 is 16.8. The van der Waals surface area contributed by atoms with Crippen molar-refractivity contribution in [2.24, 2.45) is 0 Å². The monoisotopic (exact) mass is 935 g/mol. The van der Waals surface area contributed by atoms with Gasteiger partial charge >= 0.3 is 17.9 Å². The largest absolute Gasteiger partial charge is 0.462 e. The first kappa shape index (κ1) is 63.8. The van der Waals surface area contributed by atoms with E-state index in [1.54, 1.807) is 0 Å². The summed E-state index contributed by atoms with van der Waals surface area (Å²) in [4.78, 5) is 38.1. The number of allylic oxidation sites excluding steroid dienone is 12. The average molecular weight is 936 g/mol. The first-order chi connectivity index (χ1) is 33.0. The predicted molar refractivity (Wildman–Crippen MR) is 288 cm³/mol. The predicted octanol–water partition coefficient (Wildman–Crippen LogP) is 19.0. The van der Waals surface area contributed by atoms with Gasteiger partial charge in [0.15, 0.2) is 6.10 Å². The van der Waals surface area contributed by atoms with Gasteiger partial charge in [-0.1, -0.05) is 229 Å². The van der Waals surface area contributed by atoms with Crippen LogP contribution in [0.2, 0.25) is 0 Å². The molecule has 0 fully saturated rings. The van der Waals surface area contributed by atoms with Gasteiger partial charge in [-0.05, 0) is 103 Å². The molecule has 0 saturated heterocycles. The molecule has 0 aromatic heterocycles. The van der Waals surface area contributed by atoms with E-state index in [0.29, 0.717) is 19.3 Å². The maximum atomic E-state index is 12.8. The Morgan fingerprint density at radius 1 is 0.313 bits per heavy atom. The van der Waals surface area contributed by atoms with Crippen LogP contribution in [0.4, 0.5) is 0 Å². The molecule has 0 aromatic rings. The van der Waals surface area contributed by atoms with E-state index >= 15 is 0 Å². The van der Waals surface area contributed by atoms with Crippen LogP contribution in [0.3, 0.4) is 0 Å². The molecule has 386 valence electrons. The fraction of sp³-hybridized carbons (Fsp3) is 0.754. The topological polar surface area (TPSA) is 78.9 Å². The van der Waals surface area contributed by atoms with Crippen molar-refractivity contribution in [1.29, 1.82) is 0 Å². The summed E-state index contributed by atoms with van der Waals surface area (Å²) in [5.74, 6) is -0.984. The molecule has 6 nitrogen and oxygen atoms in total. The Bertz CT molecular complexity index is 1260. The van der Waals surface area contributed by atoms with Crippen LogP contribution < -0.4 is 0 Å². The Kier molecular flexibility index (Phi) is 52.8. The number of rotatable bonds is 51. The van der Waals surface area contributed by atoms with Crippen molar-refractivity contribution in [3.8, 4) is 0 Å². The quantitative estimate of drug-likeness (QED) is 0.0199. The maximum absolute atomic E-state index is 12.8. The molecule has 67 heavy (non-hydrogen) atoms. The second kappa shape index (κ2) is 55.4. The molecule has 6 heteroatoms. The van der Waals surface area contributed by atoms with Crippen molar-refractivity contribution in [3.05, 3.63) is 72.9 Å². The Hall–Kier alpha value is -3.15. The van der Waals surface area contributed by atoms with Crippen molar-refractivity contribution < 1.29 is 28.6 Å². The van der Waals surface area contributed by atoms with E-state index in [1.165, 1.54) is 141 Å². The molecule has 1 atom stereocenters. The van der Waals surface area contributed by atoms with Gasteiger partial charge in [0.05, 0.1) is 0 Å². The number of carbonyl (C=O) groups excluding carboxylic acids is 3. The molecule has 0 aliphatic heterocycles. The standard InChI is InChI=1S/C61H106O6/c1-4-7-10-13-16-19-22-25-28-30-32-33-36-39-42-45-48-51-54-60(63)66-57-58(56-65-59(62)53-50-47-44-41-38-35-27-24-21-18-15-12-9-6-3)67-61(64)55-52-49-46-43-40-37-34-31-29-26-23-20-17-14-11-8-5-2/h26,28-30,32-35,37-38,43,46,58H,4-25,27,31,36,39-42,44-45,47-57H2,1-3H3/b29-26-,30-28-,33-32-,37-34-,38-35-,46-43-. The lowest BCUT2D eigenvalue weighted by Crippen LogP contribution is -2.30. The van der Waals surface area contributed by atoms with E-state index in [4.69, 9.17) is 14.2 Å². The number of hydrogen-bond acceptors (Lipinski definition) is 6. The highest BCUT2D eigenvalue weighted by molar-refractivity contribution is 5.71. The summed E-state index contributed by atoms with van der Waals surface area (Å²) >= 11 is 0. The average Bonchev–Trinajstić information content (AvgIpc) is 3.33. The van der Waals surface area contributed by atoms with Gasteiger partial charge in [-0.3, -0.25) is 14.4 Å². The van der Waals surface area contributed by atoms with E-state index in [2.05, 4.69) is 93.7 Å². The van der Waals surface area contributed by atoms with Gasteiger partial charge in [-0.15, -0.1) is 0 Å². The summed E-state index contributed by atoms with van der Waals surface area (Å²) in [5.41, 5.74) is 0. The lowest BCUT2D eigenvalue weighted by Gasteiger charge is -2.18. The van der Waals surface area contributed by atoms with E-state index in [0.717, 1.165) is 89.9 Å². The zero-order valence-electron chi connectivity index (χ0n) is 44.2. The number of unbranched alkanes of at least 4 members (excludes halogenated alkanes) is 29. The Labute approximate surface area is 414 Å². The van der Waals surface area contributed by atoms with Crippen molar-refractivity contribution in [2.45, 2.75) is 284 Å². The summed E-state index contributed by atoms with van der Waals surface area (Å²) in [6.45, 7) is 6.57. The molecule has 0 aliphatic rings. The highest BCUT2D eigenvalue weighted by atomic mass is 16.6. The van der Waals surface area contributed by atoms with Crippen LogP contribution in [-0.2, 0) is 28.6 Å². The molecule has 0 heterocycles. The summed E-state index contributed by atoms with van der Waals surface area (Å²) in [5, 5.41) is 0. The third-order valence-electron chi connectivity index (χ3n) is 12.2. The summed E-state index contributed by atoms with van der Waals surface area (Å²) in [7, 11) is 0. The highest BCUT2D eigenvalue weighted by Crippen LogP contribution is 2.14. The maximum Gasteiger partial charge on any atom is 0.306 e. The van der Waals surface area contributed by atoms with Crippen LogP contribution in [0.1, 0.15) is 278 Å². The van der Waals surface area contributed by atoms with E-state index in [-0.39, 0.29) is 37.5 Å². The lowest BCUT2D eigenvalue weighted by molar-refractivity contribution is -0.167. The lowest BCUT2D eigenvalue weighted by atomic mass is 10.1. The van der Waals surface area contributed by atoms with Gasteiger partial charge in [0.1, 0.15) is 13.2 Å². The molecule has 0 bridgehead atoms. The van der Waals surface area contributed by atoms with Gasteiger partial charge in [0.2, 0.25) is 0 Å². The van der Waals surface area contributed by atoms with Crippen LogP contribution in [-0.4, -0.2) is 37.2 Å². The Morgan fingerprint density at radius 3 is 1.00 bits per heavy atom. The van der Waals surface area contributed by atoms with Crippen LogP contribution in [0.5, 0.6) is 0 Å². The fourth-order valence-corrected chi connectivity index (χ4v) is 7.86. The van der Waals surface area contributed by atoms with E-state index in [1.807, 2.05) is 0 Å². The van der Waals surface area contributed by atoms with Gasteiger partial charge < -0.3 is 14.2 Å². The first-order valence-electron chi connectivity index (χ1n) is 28.5.